The van der Waals surface area contributed by atoms with Crippen molar-refractivity contribution >= 4 is 11.7 Å². The monoisotopic (exact) mass is 381 g/mol. The Kier molecular flexibility index (Phi) is 4.69. The van der Waals surface area contributed by atoms with E-state index in [1.807, 2.05) is 12.1 Å². The number of nitrogen functional groups attached to an aromatic ring is 1. The first-order valence-electron chi connectivity index (χ1n) is 8.71. The van der Waals surface area contributed by atoms with E-state index in [0.717, 1.165) is 28.4 Å². The first-order chi connectivity index (χ1) is 12.5. The molecule has 0 amide bonds. The van der Waals surface area contributed by atoms with Crippen LogP contribution in [0.4, 0.5) is 18.9 Å². The lowest BCUT2D eigenvalue weighted by Crippen LogP contribution is -2.12. The maximum Gasteiger partial charge on any atom is 0.436 e. The van der Waals surface area contributed by atoms with E-state index in [0.29, 0.717) is 5.41 Å². The Morgan fingerprint density at radius 3 is 2.44 bits per heavy atom. The summed E-state index contributed by atoms with van der Waals surface area (Å²) in [5, 5.41) is 11.4. The van der Waals surface area contributed by atoms with Gasteiger partial charge in [0.1, 0.15) is 5.56 Å². The maximum atomic E-state index is 12.1. The zero-order valence-corrected chi connectivity index (χ0v) is 15.1. The molecule has 2 unspecified atom stereocenters. The highest BCUT2D eigenvalue weighted by atomic mass is 19.4. The molecule has 2 aromatic rings. The number of nitrogens with two attached hydrogens (primary N) is 1. The Bertz CT molecular complexity index is 856. The summed E-state index contributed by atoms with van der Waals surface area (Å²) < 4.78 is 37.1. The number of aryl methyl sites for hydroxylation is 1. The number of benzene rings is 1. The van der Waals surface area contributed by atoms with Crippen molar-refractivity contribution in [3.63, 3.8) is 0 Å². The molecule has 0 radical (unpaired) electrons. The summed E-state index contributed by atoms with van der Waals surface area (Å²) in [7, 11) is 1.22. The van der Waals surface area contributed by atoms with Crippen LogP contribution in [0, 0.1) is 11.3 Å². The van der Waals surface area contributed by atoms with Crippen LogP contribution in [0.2, 0.25) is 0 Å². The summed E-state index contributed by atoms with van der Waals surface area (Å²) in [6.07, 6.45) is 0.312. The number of carboxylic acids is 1. The summed E-state index contributed by atoms with van der Waals surface area (Å²) in [5.41, 5.74) is 6.83. The Morgan fingerprint density at radius 2 is 1.96 bits per heavy atom. The first-order valence-corrected chi connectivity index (χ1v) is 8.71. The SMILES string of the molecule is CC1(C2CC2c2ccccc2N)CC1.Cn1cc(C(=O)O)c(C(F)(F)F)n1. The molecule has 8 heteroatoms. The average molecular weight is 381 g/mol. The molecule has 5 nitrogen and oxygen atoms in total. The van der Waals surface area contributed by atoms with Gasteiger partial charge in [-0.2, -0.15) is 18.3 Å². The third-order valence-electron chi connectivity index (χ3n) is 5.45. The second-order valence-electron chi connectivity index (χ2n) is 7.60. The number of rotatable bonds is 3. The number of aromatic carboxylic acids is 1. The van der Waals surface area contributed by atoms with Gasteiger partial charge in [-0.1, -0.05) is 25.1 Å². The fraction of sp³-hybridized carbons (Fsp3) is 0.474. The normalized spacial score (nSPS) is 22.6. The number of hydrogen-bond donors (Lipinski definition) is 2. The number of carbonyl (C=O) groups is 1. The summed E-state index contributed by atoms with van der Waals surface area (Å²) in [6.45, 7) is 2.43. The Hall–Kier alpha value is -2.51. The van der Waals surface area contributed by atoms with Crippen molar-refractivity contribution in [3.05, 3.63) is 47.3 Å². The van der Waals surface area contributed by atoms with Gasteiger partial charge in [0.15, 0.2) is 5.69 Å². The highest BCUT2D eigenvalue weighted by molar-refractivity contribution is 5.88. The lowest BCUT2D eigenvalue weighted by Gasteiger charge is -2.08. The molecular formula is C19H22F3N3O2. The average Bonchev–Trinajstić information content (AvgIpc) is 3.47. The number of halogens is 3. The van der Waals surface area contributed by atoms with Gasteiger partial charge >= 0.3 is 12.1 Å². The number of carboxylic acid groups (broad SMARTS) is 1. The van der Waals surface area contributed by atoms with E-state index in [4.69, 9.17) is 10.8 Å². The van der Waals surface area contributed by atoms with Crippen LogP contribution in [0.15, 0.2) is 30.5 Å². The standard InChI is InChI=1S/C13H17N.C6H5F3N2O2/c1-13(6-7-13)11-8-10(11)9-4-2-3-5-12(9)14;1-11-2-3(5(12)13)4(10-11)6(7,8)9/h2-5,10-11H,6-8,14H2,1H3;2H,1H3,(H,12,13). The molecule has 3 N–H and O–H groups in total. The minimum atomic E-state index is -4.73. The van der Waals surface area contributed by atoms with Gasteiger partial charge in [-0.15, -0.1) is 0 Å². The predicted molar refractivity (Wildman–Crippen MR) is 94.2 cm³/mol. The van der Waals surface area contributed by atoms with Gasteiger partial charge in [0, 0.05) is 18.9 Å². The molecule has 0 spiro atoms. The van der Waals surface area contributed by atoms with E-state index in [9.17, 15) is 18.0 Å². The van der Waals surface area contributed by atoms with E-state index in [1.165, 1.54) is 31.9 Å². The molecule has 4 rings (SSSR count). The van der Waals surface area contributed by atoms with Gasteiger partial charge in [0.25, 0.3) is 0 Å². The highest BCUT2D eigenvalue weighted by Gasteiger charge is 2.56. The Labute approximate surface area is 155 Å². The van der Waals surface area contributed by atoms with E-state index >= 15 is 0 Å². The third-order valence-corrected chi connectivity index (χ3v) is 5.45. The molecule has 0 aliphatic heterocycles. The minimum absolute atomic E-state index is 0.674. The van der Waals surface area contributed by atoms with E-state index in [-0.39, 0.29) is 0 Å². The summed E-state index contributed by atoms with van der Waals surface area (Å²) in [6, 6.07) is 8.36. The second kappa shape index (κ2) is 6.58. The van der Waals surface area contributed by atoms with Crippen LogP contribution in [-0.2, 0) is 13.2 Å². The van der Waals surface area contributed by atoms with Crippen molar-refractivity contribution in [1.82, 2.24) is 9.78 Å². The Morgan fingerprint density at radius 1 is 1.33 bits per heavy atom. The molecule has 1 aromatic carbocycles. The number of alkyl halides is 3. The Balaban J connectivity index is 0.000000157. The van der Waals surface area contributed by atoms with E-state index in [1.54, 1.807) is 0 Å². The number of nitrogens with zero attached hydrogens (tertiary/aromatic N) is 2. The number of aromatic nitrogens is 2. The van der Waals surface area contributed by atoms with Gasteiger partial charge in [0.2, 0.25) is 0 Å². The molecule has 2 saturated carbocycles. The summed E-state index contributed by atoms with van der Waals surface area (Å²) >= 11 is 0. The summed E-state index contributed by atoms with van der Waals surface area (Å²) in [5.74, 6) is 0.0522. The number of hydrogen-bond acceptors (Lipinski definition) is 3. The molecule has 2 aliphatic carbocycles. The maximum absolute atomic E-state index is 12.1. The van der Waals surface area contributed by atoms with Crippen molar-refractivity contribution in [1.29, 1.82) is 0 Å². The van der Waals surface area contributed by atoms with Gasteiger partial charge in [-0.25, -0.2) is 4.79 Å². The van der Waals surface area contributed by atoms with Crippen molar-refractivity contribution in [2.75, 3.05) is 5.73 Å². The number of para-hydroxylation sites is 1. The van der Waals surface area contributed by atoms with Crippen molar-refractivity contribution < 1.29 is 23.1 Å². The van der Waals surface area contributed by atoms with Crippen LogP contribution in [0.25, 0.3) is 0 Å². The fourth-order valence-electron chi connectivity index (χ4n) is 3.58. The van der Waals surface area contributed by atoms with Crippen molar-refractivity contribution in [2.45, 2.75) is 38.3 Å². The first kappa shape index (κ1) is 19.3. The smallest absolute Gasteiger partial charge is 0.436 e. The topological polar surface area (TPSA) is 81.1 Å². The van der Waals surface area contributed by atoms with Crippen LogP contribution >= 0.6 is 0 Å². The molecule has 2 atom stereocenters. The van der Waals surface area contributed by atoms with E-state index in [2.05, 4.69) is 24.2 Å². The second-order valence-corrected chi connectivity index (χ2v) is 7.60. The molecule has 2 fully saturated rings. The predicted octanol–water partition coefficient (Wildman–Crippen LogP) is 4.31. The largest absolute Gasteiger partial charge is 0.478 e. The summed E-state index contributed by atoms with van der Waals surface area (Å²) in [4.78, 5) is 10.3. The van der Waals surface area contributed by atoms with Crippen LogP contribution in [-0.4, -0.2) is 20.9 Å². The lowest BCUT2D eigenvalue weighted by molar-refractivity contribution is -0.141. The van der Waals surface area contributed by atoms with Crippen LogP contribution in [0.1, 0.15) is 53.7 Å². The molecule has 0 saturated heterocycles. The van der Waals surface area contributed by atoms with Crippen molar-refractivity contribution in [2.24, 2.45) is 18.4 Å². The molecule has 27 heavy (non-hydrogen) atoms. The fourth-order valence-corrected chi connectivity index (χ4v) is 3.58. The number of anilines is 1. The third kappa shape index (κ3) is 4.09. The van der Waals surface area contributed by atoms with Gasteiger partial charge in [-0.3, -0.25) is 4.68 Å². The van der Waals surface area contributed by atoms with Gasteiger partial charge < -0.3 is 10.8 Å². The van der Waals surface area contributed by atoms with Crippen molar-refractivity contribution in [3.8, 4) is 0 Å². The quantitative estimate of drug-likeness (QED) is 0.777. The molecule has 1 aromatic heterocycles. The van der Waals surface area contributed by atoms with Gasteiger partial charge in [0.05, 0.1) is 0 Å². The minimum Gasteiger partial charge on any atom is -0.478 e. The van der Waals surface area contributed by atoms with Crippen LogP contribution in [0.3, 0.4) is 0 Å². The van der Waals surface area contributed by atoms with E-state index < -0.39 is 23.4 Å². The highest BCUT2D eigenvalue weighted by Crippen LogP contribution is 2.67. The lowest BCUT2D eigenvalue weighted by atomic mass is 9.98. The molecule has 0 bridgehead atoms. The zero-order chi connectivity index (χ0) is 20.0. The van der Waals surface area contributed by atoms with Crippen LogP contribution in [0.5, 0.6) is 0 Å². The van der Waals surface area contributed by atoms with Gasteiger partial charge in [-0.05, 0) is 48.1 Å². The molecular weight excluding hydrogens is 359 g/mol. The zero-order valence-electron chi connectivity index (χ0n) is 15.1. The van der Waals surface area contributed by atoms with Crippen LogP contribution < -0.4 is 5.73 Å². The molecule has 1 heterocycles. The molecule has 2 aliphatic rings. The molecule has 146 valence electrons.